The number of aliphatic hydroxyl groups is 1. The first-order valence-electron chi connectivity index (χ1n) is 6.67. The summed E-state index contributed by atoms with van der Waals surface area (Å²) in [5.41, 5.74) is 1.73. The fourth-order valence-electron chi connectivity index (χ4n) is 2.53. The van der Waals surface area contributed by atoms with Crippen LogP contribution in [0.3, 0.4) is 0 Å². The van der Waals surface area contributed by atoms with Gasteiger partial charge in [0.05, 0.1) is 12.7 Å². The second-order valence-corrected chi connectivity index (χ2v) is 5.05. The first-order valence-corrected chi connectivity index (χ1v) is 6.67. The Morgan fingerprint density at radius 1 is 1.42 bits per heavy atom. The maximum atomic E-state index is 9.12. The SMILES string of the molecule is COc1ccc(CN2CCC(CO)CC2)cc1C#N. The summed E-state index contributed by atoms with van der Waals surface area (Å²) in [6, 6.07) is 7.93. The fraction of sp³-hybridized carbons (Fsp3) is 0.533. The first kappa shape index (κ1) is 13.9. The molecular weight excluding hydrogens is 240 g/mol. The van der Waals surface area contributed by atoms with Crippen LogP contribution in [0.1, 0.15) is 24.0 Å². The van der Waals surface area contributed by atoms with Gasteiger partial charge < -0.3 is 9.84 Å². The molecule has 1 aliphatic heterocycles. The zero-order valence-electron chi connectivity index (χ0n) is 11.3. The molecule has 0 saturated carbocycles. The van der Waals surface area contributed by atoms with Gasteiger partial charge in [0, 0.05) is 13.2 Å². The van der Waals surface area contributed by atoms with E-state index in [-0.39, 0.29) is 0 Å². The molecule has 102 valence electrons. The van der Waals surface area contributed by atoms with Crippen LogP contribution in [0.4, 0.5) is 0 Å². The maximum absolute atomic E-state index is 9.12. The highest BCUT2D eigenvalue weighted by Crippen LogP contribution is 2.22. The summed E-state index contributed by atoms with van der Waals surface area (Å²) in [6.07, 6.45) is 2.11. The summed E-state index contributed by atoms with van der Waals surface area (Å²) in [7, 11) is 1.58. The van der Waals surface area contributed by atoms with Gasteiger partial charge in [0.25, 0.3) is 0 Å². The number of ether oxygens (including phenoxy) is 1. The van der Waals surface area contributed by atoms with Gasteiger partial charge in [0.2, 0.25) is 0 Å². The predicted octanol–water partition coefficient (Wildman–Crippen LogP) is 1.77. The van der Waals surface area contributed by atoms with Crippen molar-refractivity contribution < 1.29 is 9.84 Å². The lowest BCUT2D eigenvalue weighted by atomic mass is 9.97. The van der Waals surface area contributed by atoms with Gasteiger partial charge in [-0.1, -0.05) is 6.07 Å². The van der Waals surface area contributed by atoms with E-state index >= 15 is 0 Å². The Hall–Kier alpha value is -1.57. The lowest BCUT2D eigenvalue weighted by Crippen LogP contribution is -2.34. The van der Waals surface area contributed by atoms with E-state index in [1.54, 1.807) is 7.11 Å². The van der Waals surface area contributed by atoms with Gasteiger partial charge in [-0.15, -0.1) is 0 Å². The average Bonchev–Trinajstić information content (AvgIpc) is 2.48. The summed E-state index contributed by atoms with van der Waals surface area (Å²) in [5, 5.41) is 18.2. The molecule has 1 aromatic rings. The second-order valence-electron chi connectivity index (χ2n) is 5.05. The summed E-state index contributed by atoms with van der Waals surface area (Å²) < 4.78 is 5.15. The number of benzene rings is 1. The molecule has 1 aromatic carbocycles. The Bertz CT molecular complexity index is 460. The molecule has 0 radical (unpaired) electrons. The molecular formula is C15H20N2O2. The molecule has 19 heavy (non-hydrogen) atoms. The minimum atomic E-state index is 0.301. The van der Waals surface area contributed by atoms with Crippen LogP contribution >= 0.6 is 0 Å². The van der Waals surface area contributed by atoms with E-state index in [0.717, 1.165) is 38.0 Å². The van der Waals surface area contributed by atoms with Crippen LogP contribution in [0.2, 0.25) is 0 Å². The van der Waals surface area contributed by atoms with Crippen molar-refractivity contribution in [1.29, 1.82) is 5.26 Å². The number of likely N-dealkylation sites (tertiary alicyclic amines) is 1. The number of nitriles is 1. The molecule has 4 heteroatoms. The van der Waals surface area contributed by atoms with Crippen LogP contribution in [-0.4, -0.2) is 36.8 Å². The van der Waals surface area contributed by atoms with Crippen molar-refractivity contribution in [3.05, 3.63) is 29.3 Å². The van der Waals surface area contributed by atoms with Crippen LogP contribution in [0.5, 0.6) is 5.75 Å². The molecule has 0 bridgehead atoms. The highest BCUT2D eigenvalue weighted by atomic mass is 16.5. The number of aliphatic hydroxyl groups excluding tert-OH is 1. The van der Waals surface area contributed by atoms with Crippen molar-refractivity contribution in [1.82, 2.24) is 4.90 Å². The van der Waals surface area contributed by atoms with E-state index in [0.29, 0.717) is 23.8 Å². The highest BCUT2D eigenvalue weighted by Gasteiger charge is 2.18. The van der Waals surface area contributed by atoms with Crippen LogP contribution in [0, 0.1) is 17.2 Å². The molecule has 1 saturated heterocycles. The highest BCUT2D eigenvalue weighted by molar-refractivity contribution is 5.45. The minimum Gasteiger partial charge on any atom is -0.495 e. The smallest absolute Gasteiger partial charge is 0.136 e. The van der Waals surface area contributed by atoms with Gasteiger partial charge in [-0.2, -0.15) is 5.26 Å². The maximum Gasteiger partial charge on any atom is 0.136 e. The van der Waals surface area contributed by atoms with Crippen LogP contribution in [0.25, 0.3) is 0 Å². The topological polar surface area (TPSA) is 56.5 Å². The lowest BCUT2D eigenvalue weighted by molar-refractivity contribution is 0.127. The number of methoxy groups -OCH3 is 1. The predicted molar refractivity (Wildman–Crippen MR) is 72.8 cm³/mol. The van der Waals surface area contributed by atoms with Gasteiger partial charge in [-0.3, -0.25) is 4.90 Å². The Morgan fingerprint density at radius 2 is 2.16 bits per heavy atom. The number of nitrogens with zero attached hydrogens (tertiary/aromatic N) is 2. The molecule has 0 atom stereocenters. The Labute approximate surface area is 114 Å². The van der Waals surface area contributed by atoms with Gasteiger partial charge in [-0.25, -0.2) is 0 Å². The Kier molecular flexibility index (Phi) is 4.78. The zero-order valence-corrected chi connectivity index (χ0v) is 11.3. The molecule has 0 spiro atoms. The fourth-order valence-corrected chi connectivity index (χ4v) is 2.53. The number of hydrogen-bond acceptors (Lipinski definition) is 4. The quantitative estimate of drug-likeness (QED) is 0.896. The average molecular weight is 260 g/mol. The van der Waals surface area contributed by atoms with Gasteiger partial charge >= 0.3 is 0 Å². The van der Waals surface area contributed by atoms with E-state index in [1.165, 1.54) is 0 Å². The largest absolute Gasteiger partial charge is 0.495 e. The number of hydrogen-bond donors (Lipinski definition) is 1. The summed E-state index contributed by atoms with van der Waals surface area (Å²) in [4.78, 5) is 2.37. The van der Waals surface area contributed by atoms with Crippen molar-refractivity contribution >= 4 is 0 Å². The van der Waals surface area contributed by atoms with Crippen LogP contribution < -0.4 is 4.74 Å². The van der Waals surface area contributed by atoms with E-state index in [2.05, 4.69) is 11.0 Å². The van der Waals surface area contributed by atoms with E-state index < -0.39 is 0 Å². The lowest BCUT2D eigenvalue weighted by Gasteiger charge is -2.31. The second kappa shape index (κ2) is 6.55. The molecule has 2 rings (SSSR count). The summed E-state index contributed by atoms with van der Waals surface area (Å²) >= 11 is 0. The molecule has 0 aromatic heterocycles. The molecule has 0 unspecified atom stereocenters. The van der Waals surface area contributed by atoms with Crippen molar-refractivity contribution in [3.63, 3.8) is 0 Å². The summed E-state index contributed by atoms with van der Waals surface area (Å²) in [6.45, 7) is 3.18. The van der Waals surface area contributed by atoms with Crippen molar-refractivity contribution in [2.45, 2.75) is 19.4 Å². The van der Waals surface area contributed by atoms with Crippen LogP contribution in [0.15, 0.2) is 18.2 Å². The van der Waals surface area contributed by atoms with E-state index in [4.69, 9.17) is 15.1 Å². The molecule has 1 N–H and O–H groups in total. The normalized spacial score (nSPS) is 17.1. The van der Waals surface area contributed by atoms with Crippen molar-refractivity contribution in [2.24, 2.45) is 5.92 Å². The van der Waals surface area contributed by atoms with Gasteiger partial charge in [0.1, 0.15) is 11.8 Å². The third kappa shape index (κ3) is 3.46. The zero-order chi connectivity index (χ0) is 13.7. The third-order valence-corrected chi connectivity index (χ3v) is 3.76. The van der Waals surface area contributed by atoms with Crippen LogP contribution in [-0.2, 0) is 6.54 Å². The Morgan fingerprint density at radius 3 is 2.74 bits per heavy atom. The number of rotatable bonds is 4. The van der Waals surface area contributed by atoms with E-state index in [1.807, 2.05) is 18.2 Å². The van der Waals surface area contributed by atoms with E-state index in [9.17, 15) is 0 Å². The van der Waals surface area contributed by atoms with Crippen molar-refractivity contribution in [2.75, 3.05) is 26.8 Å². The molecule has 1 fully saturated rings. The number of piperidine rings is 1. The molecule has 1 heterocycles. The first-order chi connectivity index (χ1) is 9.26. The molecule has 4 nitrogen and oxygen atoms in total. The van der Waals surface area contributed by atoms with Crippen molar-refractivity contribution in [3.8, 4) is 11.8 Å². The Balaban J connectivity index is 1.98. The standard InChI is InChI=1S/C15H20N2O2/c1-19-15-3-2-13(8-14(15)9-16)10-17-6-4-12(11-18)5-7-17/h2-3,8,12,18H,4-7,10-11H2,1H3. The third-order valence-electron chi connectivity index (χ3n) is 3.76. The molecule has 0 amide bonds. The molecule has 0 aliphatic carbocycles. The summed E-state index contributed by atoms with van der Waals surface area (Å²) in [5.74, 6) is 1.09. The van der Waals surface area contributed by atoms with Gasteiger partial charge in [-0.05, 0) is 49.5 Å². The molecule has 1 aliphatic rings. The van der Waals surface area contributed by atoms with Gasteiger partial charge in [0.15, 0.2) is 0 Å². The monoisotopic (exact) mass is 260 g/mol. The minimum absolute atomic E-state index is 0.301.